The maximum atomic E-state index is 5.87. The minimum Gasteiger partial charge on any atom is -0.378 e. The Bertz CT molecular complexity index is 519. The number of ether oxygens (including phenoxy) is 2. The predicted molar refractivity (Wildman–Crippen MR) is 73.1 cm³/mol. The van der Waals surface area contributed by atoms with Crippen molar-refractivity contribution in [3.8, 4) is 0 Å². The molecule has 3 unspecified atom stereocenters. The van der Waals surface area contributed by atoms with Crippen LogP contribution in [0, 0.1) is 4.64 Å². The molecule has 98 valence electrons. The lowest BCUT2D eigenvalue weighted by molar-refractivity contribution is 0.0997. The lowest BCUT2D eigenvalue weighted by atomic mass is 9.88. The van der Waals surface area contributed by atoms with Gasteiger partial charge in [0.1, 0.15) is 10.5 Å². The van der Waals surface area contributed by atoms with E-state index in [1.807, 2.05) is 0 Å². The van der Waals surface area contributed by atoms with Gasteiger partial charge in [-0.05, 0) is 35.2 Å². The molecule has 2 bridgehead atoms. The number of halogens is 1. The SMILES string of the molecule is COCc1[nH]c(C2CC3CCC2O3)nc(=S)c1Br. The van der Waals surface area contributed by atoms with Gasteiger partial charge in [0.15, 0.2) is 0 Å². The molecule has 0 radical (unpaired) electrons. The fraction of sp³-hybridized carbons (Fsp3) is 0.667. The van der Waals surface area contributed by atoms with Gasteiger partial charge in [-0.25, -0.2) is 4.98 Å². The Balaban J connectivity index is 1.95. The van der Waals surface area contributed by atoms with E-state index >= 15 is 0 Å². The van der Waals surface area contributed by atoms with Crippen LogP contribution in [-0.2, 0) is 16.1 Å². The summed E-state index contributed by atoms with van der Waals surface area (Å²) in [5, 5.41) is 0. The van der Waals surface area contributed by atoms with E-state index < -0.39 is 0 Å². The molecule has 2 aliphatic heterocycles. The molecule has 4 nitrogen and oxygen atoms in total. The third kappa shape index (κ3) is 2.15. The Morgan fingerprint density at radius 3 is 3.00 bits per heavy atom. The molecule has 1 aromatic heterocycles. The molecule has 3 heterocycles. The summed E-state index contributed by atoms with van der Waals surface area (Å²) in [6, 6.07) is 0. The molecule has 2 aliphatic rings. The third-order valence-corrected chi connectivity index (χ3v) is 5.11. The fourth-order valence-electron chi connectivity index (χ4n) is 2.87. The van der Waals surface area contributed by atoms with Crippen LogP contribution in [0.3, 0.4) is 0 Å². The number of H-pyrrole nitrogens is 1. The van der Waals surface area contributed by atoms with Crippen LogP contribution in [0.25, 0.3) is 0 Å². The Kier molecular flexibility index (Phi) is 3.53. The first-order valence-corrected chi connectivity index (χ1v) is 7.32. The van der Waals surface area contributed by atoms with Gasteiger partial charge in [-0.3, -0.25) is 0 Å². The van der Waals surface area contributed by atoms with E-state index in [2.05, 4.69) is 25.9 Å². The van der Waals surface area contributed by atoms with Crippen LogP contribution < -0.4 is 0 Å². The van der Waals surface area contributed by atoms with Crippen LogP contribution in [0.4, 0.5) is 0 Å². The molecule has 2 saturated heterocycles. The van der Waals surface area contributed by atoms with Crippen LogP contribution in [0.15, 0.2) is 4.47 Å². The molecule has 0 saturated carbocycles. The van der Waals surface area contributed by atoms with Crippen molar-refractivity contribution in [2.45, 2.75) is 44.0 Å². The minimum atomic E-state index is 0.310. The first-order chi connectivity index (χ1) is 8.69. The lowest BCUT2D eigenvalue weighted by Crippen LogP contribution is -2.18. The van der Waals surface area contributed by atoms with Gasteiger partial charge in [0, 0.05) is 13.0 Å². The Morgan fingerprint density at radius 1 is 1.56 bits per heavy atom. The first-order valence-electron chi connectivity index (χ1n) is 6.12. The quantitative estimate of drug-likeness (QED) is 0.865. The van der Waals surface area contributed by atoms with Crippen molar-refractivity contribution in [3.63, 3.8) is 0 Å². The van der Waals surface area contributed by atoms with Crippen LogP contribution in [-0.4, -0.2) is 29.3 Å². The molecule has 1 N–H and O–H groups in total. The Labute approximate surface area is 119 Å². The Morgan fingerprint density at radius 2 is 2.39 bits per heavy atom. The minimum absolute atomic E-state index is 0.310. The third-order valence-electron chi connectivity index (χ3n) is 3.70. The van der Waals surface area contributed by atoms with E-state index in [4.69, 9.17) is 21.7 Å². The van der Waals surface area contributed by atoms with Crippen molar-refractivity contribution in [1.29, 1.82) is 0 Å². The average Bonchev–Trinajstić information content (AvgIpc) is 2.97. The van der Waals surface area contributed by atoms with Gasteiger partial charge in [0.25, 0.3) is 0 Å². The van der Waals surface area contributed by atoms with Crippen molar-refractivity contribution >= 4 is 28.1 Å². The van der Waals surface area contributed by atoms with Crippen molar-refractivity contribution in [2.24, 2.45) is 0 Å². The van der Waals surface area contributed by atoms with E-state index in [1.54, 1.807) is 7.11 Å². The summed E-state index contributed by atoms with van der Waals surface area (Å²) in [6.07, 6.45) is 4.09. The van der Waals surface area contributed by atoms with E-state index in [9.17, 15) is 0 Å². The summed E-state index contributed by atoms with van der Waals surface area (Å²) in [5.41, 5.74) is 0.954. The van der Waals surface area contributed by atoms with Crippen molar-refractivity contribution in [2.75, 3.05) is 7.11 Å². The van der Waals surface area contributed by atoms with Gasteiger partial charge >= 0.3 is 0 Å². The highest BCUT2D eigenvalue weighted by Crippen LogP contribution is 2.43. The van der Waals surface area contributed by atoms with Gasteiger partial charge < -0.3 is 14.5 Å². The number of nitrogens with zero attached hydrogens (tertiary/aromatic N) is 1. The molecule has 18 heavy (non-hydrogen) atoms. The van der Waals surface area contributed by atoms with Crippen LogP contribution in [0.2, 0.25) is 0 Å². The standard InChI is InChI=1S/C12H15BrN2O2S/c1-16-5-8-10(13)12(18)15-11(14-8)7-4-6-2-3-9(7)17-6/h6-7,9H,2-5H2,1H3,(H,14,15,18). The normalized spacial score (nSPS) is 30.0. The van der Waals surface area contributed by atoms with E-state index in [0.717, 1.165) is 28.8 Å². The van der Waals surface area contributed by atoms with Gasteiger partial charge in [-0.15, -0.1) is 0 Å². The molecule has 0 amide bonds. The highest BCUT2D eigenvalue weighted by Gasteiger charge is 2.42. The molecule has 0 aromatic carbocycles. The number of rotatable bonds is 3. The summed E-state index contributed by atoms with van der Waals surface area (Å²) < 4.78 is 12.5. The van der Waals surface area contributed by atoms with Crippen LogP contribution >= 0.6 is 28.1 Å². The van der Waals surface area contributed by atoms with E-state index in [1.165, 1.54) is 6.42 Å². The van der Waals surface area contributed by atoms with Crippen LogP contribution in [0.1, 0.15) is 36.7 Å². The highest BCUT2D eigenvalue weighted by molar-refractivity contribution is 9.10. The van der Waals surface area contributed by atoms with Gasteiger partial charge in [0.05, 0.1) is 29.0 Å². The van der Waals surface area contributed by atoms with Crippen molar-refractivity contribution < 1.29 is 9.47 Å². The van der Waals surface area contributed by atoms with Crippen molar-refractivity contribution in [3.05, 3.63) is 20.6 Å². The zero-order valence-corrected chi connectivity index (χ0v) is 12.5. The van der Waals surface area contributed by atoms with Gasteiger partial charge in [-0.1, -0.05) is 12.2 Å². The van der Waals surface area contributed by atoms with E-state index in [0.29, 0.717) is 29.4 Å². The number of nitrogens with one attached hydrogen (secondary N) is 1. The molecule has 6 heteroatoms. The maximum absolute atomic E-state index is 5.87. The highest BCUT2D eigenvalue weighted by atomic mass is 79.9. The number of fused-ring (bicyclic) bond motifs is 2. The lowest BCUT2D eigenvalue weighted by Gasteiger charge is -2.19. The monoisotopic (exact) mass is 330 g/mol. The number of hydrogen-bond donors (Lipinski definition) is 1. The number of hydrogen-bond acceptors (Lipinski definition) is 4. The number of methoxy groups -OCH3 is 1. The zero-order chi connectivity index (χ0) is 12.7. The molecular formula is C12H15BrN2O2S. The largest absolute Gasteiger partial charge is 0.378 e. The fourth-order valence-corrected chi connectivity index (χ4v) is 3.39. The molecular weight excluding hydrogens is 316 g/mol. The molecule has 0 spiro atoms. The molecule has 2 fully saturated rings. The molecule has 1 aromatic rings. The summed E-state index contributed by atoms with van der Waals surface area (Å²) in [6.45, 7) is 0.501. The summed E-state index contributed by atoms with van der Waals surface area (Å²) in [5.74, 6) is 1.30. The summed E-state index contributed by atoms with van der Waals surface area (Å²) in [7, 11) is 1.67. The van der Waals surface area contributed by atoms with Gasteiger partial charge in [0.2, 0.25) is 0 Å². The smallest absolute Gasteiger partial charge is 0.144 e. The second-order valence-corrected chi connectivity index (χ2v) is 6.05. The van der Waals surface area contributed by atoms with E-state index in [-0.39, 0.29) is 0 Å². The molecule has 0 aliphatic carbocycles. The predicted octanol–water partition coefficient (Wildman–Crippen LogP) is 3.08. The van der Waals surface area contributed by atoms with Crippen LogP contribution in [0.5, 0.6) is 0 Å². The van der Waals surface area contributed by atoms with Crippen molar-refractivity contribution in [1.82, 2.24) is 9.97 Å². The second-order valence-electron chi connectivity index (χ2n) is 4.87. The zero-order valence-electron chi connectivity index (χ0n) is 10.1. The second kappa shape index (κ2) is 5.00. The number of aromatic amines is 1. The Hall–Kier alpha value is -0.300. The van der Waals surface area contributed by atoms with Gasteiger partial charge in [-0.2, -0.15) is 0 Å². The molecule has 3 atom stereocenters. The first kappa shape index (κ1) is 12.7. The topological polar surface area (TPSA) is 47.1 Å². The number of aromatic nitrogens is 2. The maximum Gasteiger partial charge on any atom is 0.144 e. The molecule has 3 rings (SSSR count). The average molecular weight is 331 g/mol. The summed E-state index contributed by atoms with van der Waals surface area (Å²) >= 11 is 8.75. The summed E-state index contributed by atoms with van der Waals surface area (Å²) in [4.78, 5) is 7.84.